The third-order valence-corrected chi connectivity index (χ3v) is 3.59. The molecular formula is C14H18N2O3S. The Labute approximate surface area is 123 Å². The van der Waals surface area contributed by atoms with E-state index < -0.39 is 5.97 Å². The molecule has 0 heterocycles. The van der Waals surface area contributed by atoms with Crippen LogP contribution in [0.5, 0.6) is 0 Å². The van der Waals surface area contributed by atoms with E-state index in [1.165, 1.54) is 0 Å². The monoisotopic (exact) mass is 294 g/mol. The summed E-state index contributed by atoms with van der Waals surface area (Å²) in [6.07, 6.45) is 0. The molecule has 1 aromatic carbocycles. The molecule has 20 heavy (non-hydrogen) atoms. The fraction of sp³-hybridized carbons (Fsp3) is 0.429. The van der Waals surface area contributed by atoms with Gasteiger partial charge in [0.05, 0.1) is 17.9 Å². The number of carbonyl (C=O) groups is 1. The molecule has 0 aliphatic heterocycles. The predicted octanol–water partition coefficient (Wildman–Crippen LogP) is 2.21. The third kappa shape index (κ3) is 4.44. The van der Waals surface area contributed by atoms with Crippen LogP contribution in [0, 0.1) is 11.3 Å². The van der Waals surface area contributed by atoms with Gasteiger partial charge in [-0.3, -0.25) is 4.79 Å². The topological polar surface area (TPSA) is 73.6 Å². The predicted molar refractivity (Wildman–Crippen MR) is 79.3 cm³/mol. The molecule has 6 heteroatoms. The van der Waals surface area contributed by atoms with E-state index in [1.807, 2.05) is 19.1 Å². The molecule has 0 bridgehead atoms. The smallest absolute Gasteiger partial charge is 0.323 e. The average molecular weight is 294 g/mol. The van der Waals surface area contributed by atoms with Gasteiger partial charge in [-0.15, -0.1) is 11.8 Å². The standard InChI is InChI=1S/C14H18N2O3S/c1-3-20-13-6-4-5-12(11(13)9-15)16(7-8-19-2)10-14(17)18/h4-6H,3,7-8,10H2,1-2H3,(H,17,18). The summed E-state index contributed by atoms with van der Waals surface area (Å²) in [7, 11) is 1.56. The first kappa shape index (κ1) is 16.3. The summed E-state index contributed by atoms with van der Waals surface area (Å²) in [6, 6.07) is 7.68. The minimum absolute atomic E-state index is 0.154. The van der Waals surface area contributed by atoms with E-state index in [-0.39, 0.29) is 6.54 Å². The number of thioether (sulfide) groups is 1. The van der Waals surface area contributed by atoms with Gasteiger partial charge in [0.25, 0.3) is 0 Å². The SMILES string of the molecule is CCSc1cccc(N(CCOC)CC(=O)O)c1C#N. The normalized spacial score (nSPS) is 10.1. The van der Waals surface area contributed by atoms with E-state index in [0.717, 1.165) is 10.6 Å². The molecule has 0 amide bonds. The maximum Gasteiger partial charge on any atom is 0.323 e. The summed E-state index contributed by atoms with van der Waals surface area (Å²) in [5.41, 5.74) is 1.17. The molecule has 0 aliphatic carbocycles. The van der Waals surface area contributed by atoms with Gasteiger partial charge in [0, 0.05) is 18.6 Å². The fourth-order valence-electron chi connectivity index (χ4n) is 1.82. The molecule has 0 radical (unpaired) electrons. The number of methoxy groups -OCH3 is 1. The number of carboxylic acid groups (broad SMARTS) is 1. The van der Waals surface area contributed by atoms with Crippen molar-refractivity contribution in [3.8, 4) is 6.07 Å². The van der Waals surface area contributed by atoms with Crippen molar-refractivity contribution < 1.29 is 14.6 Å². The van der Waals surface area contributed by atoms with Crippen LogP contribution in [-0.4, -0.2) is 43.6 Å². The summed E-state index contributed by atoms with van der Waals surface area (Å²) in [5, 5.41) is 18.4. The zero-order valence-electron chi connectivity index (χ0n) is 11.6. The Bertz CT molecular complexity index is 500. The number of hydrogen-bond acceptors (Lipinski definition) is 5. The average Bonchev–Trinajstić information content (AvgIpc) is 2.43. The number of nitriles is 1. The van der Waals surface area contributed by atoms with Gasteiger partial charge in [0.15, 0.2) is 0 Å². The molecule has 1 rings (SSSR count). The zero-order valence-corrected chi connectivity index (χ0v) is 12.4. The Balaban J connectivity index is 3.14. The van der Waals surface area contributed by atoms with Crippen molar-refractivity contribution in [1.82, 2.24) is 0 Å². The fourth-order valence-corrected chi connectivity index (χ4v) is 2.60. The number of aliphatic carboxylic acids is 1. The highest BCUT2D eigenvalue weighted by Gasteiger charge is 2.16. The van der Waals surface area contributed by atoms with Gasteiger partial charge in [-0.1, -0.05) is 13.0 Å². The number of benzene rings is 1. The van der Waals surface area contributed by atoms with Crippen molar-refractivity contribution in [3.63, 3.8) is 0 Å². The highest BCUT2D eigenvalue weighted by Crippen LogP contribution is 2.30. The van der Waals surface area contributed by atoms with Crippen molar-refractivity contribution in [2.24, 2.45) is 0 Å². The Hall–Kier alpha value is -1.71. The van der Waals surface area contributed by atoms with E-state index in [2.05, 4.69) is 6.07 Å². The lowest BCUT2D eigenvalue weighted by atomic mass is 10.1. The summed E-state index contributed by atoms with van der Waals surface area (Å²) in [5.74, 6) is -0.0756. The van der Waals surface area contributed by atoms with Crippen LogP contribution >= 0.6 is 11.8 Å². The van der Waals surface area contributed by atoms with E-state index in [0.29, 0.717) is 24.4 Å². The molecule has 108 valence electrons. The molecule has 0 fully saturated rings. The first-order chi connectivity index (χ1) is 9.63. The van der Waals surface area contributed by atoms with Gasteiger partial charge in [0.2, 0.25) is 0 Å². The van der Waals surface area contributed by atoms with Gasteiger partial charge in [0.1, 0.15) is 12.6 Å². The molecule has 0 spiro atoms. The molecule has 1 aromatic rings. The minimum Gasteiger partial charge on any atom is -0.480 e. The van der Waals surface area contributed by atoms with E-state index in [9.17, 15) is 10.1 Å². The van der Waals surface area contributed by atoms with Crippen molar-refractivity contribution in [2.45, 2.75) is 11.8 Å². The Morgan fingerprint density at radius 1 is 1.55 bits per heavy atom. The van der Waals surface area contributed by atoms with Gasteiger partial charge in [-0.05, 0) is 17.9 Å². The van der Waals surface area contributed by atoms with Crippen molar-refractivity contribution >= 4 is 23.4 Å². The molecular weight excluding hydrogens is 276 g/mol. The molecule has 0 aliphatic rings. The number of nitrogens with zero attached hydrogens (tertiary/aromatic N) is 2. The highest BCUT2D eigenvalue weighted by molar-refractivity contribution is 7.99. The highest BCUT2D eigenvalue weighted by atomic mass is 32.2. The van der Waals surface area contributed by atoms with E-state index >= 15 is 0 Å². The van der Waals surface area contributed by atoms with Crippen LogP contribution in [-0.2, 0) is 9.53 Å². The summed E-state index contributed by atoms with van der Waals surface area (Å²) in [6.45, 7) is 2.69. The van der Waals surface area contributed by atoms with Crippen LogP contribution in [0.3, 0.4) is 0 Å². The minimum atomic E-state index is -0.932. The maximum atomic E-state index is 11.0. The van der Waals surface area contributed by atoms with Crippen molar-refractivity contribution in [1.29, 1.82) is 5.26 Å². The van der Waals surface area contributed by atoms with Crippen LogP contribution in [0.4, 0.5) is 5.69 Å². The summed E-state index contributed by atoms with van der Waals surface area (Å²) >= 11 is 1.57. The van der Waals surface area contributed by atoms with Crippen molar-refractivity contribution in [3.05, 3.63) is 23.8 Å². The number of rotatable bonds is 8. The lowest BCUT2D eigenvalue weighted by Crippen LogP contribution is -2.33. The molecule has 1 N–H and O–H groups in total. The van der Waals surface area contributed by atoms with Crippen LogP contribution < -0.4 is 4.90 Å². The molecule has 0 unspecified atom stereocenters. The zero-order chi connectivity index (χ0) is 15.0. The number of anilines is 1. The van der Waals surface area contributed by atoms with Crippen LogP contribution in [0.1, 0.15) is 12.5 Å². The second-order valence-corrected chi connectivity index (χ2v) is 5.31. The lowest BCUT2D eigenvalue weighted by Gasteiger charge is -2.24. The maximum absolute atomic E-state index is 11.0. The third-order valence-electron chi connectivity index (χ3n) is 2.65. The second kappa shape index (κ2) is 8.46. The van der Waals surface area contributed by atoms with Crippen LogP contribution in [0.25, 0.3) is 0 Å². The number of ether oxygens (including phenoxy) is 1. The summed E-state index contributed by atoms with van der Waals surface area (Å²) < 4.78 is 5.00. The Morgan fingerprint density at radius 3 is 2.85 bits per heavy atom. The largest absolute Gasteiger partial charge is 0.480 e. The number of hydrogen-bond donors (Lipinski definition) is 1. The van der Waals surface area contributed by atoms with Gasteiger partial charge in [-0.2, -0.15) is 5.26 Å². The van der Waals surface area contributed by atoms with Gasteiger partial charge in [-0.25, -0.2) is 0 Å². The molecule has 0 saturated carbocycles. The first-order valence-electron chi connectivity index (χ1n) is 6.25. The lowest BCUT2D eigenvalue weighted by molar-refractivity contribution is -0.135. The van der Waals surface area contributed by atoms with Gasteiger partial charge < -0.3 is 14.7 Å². The van der Waals surface area contributed by atoms with E-state index in [4.69, 9.17) is 9.84 Å². The van der Waals surface area contributed by atoms with Crippen molar-refractivity contribution in [2.75, 3.05) is 37.5 Å². The molecule has 0 saturated heterocycles. The first-order valence-corrected chi connectivity index (χ1v) is 7.24. The molecule has 5 nitrogen and oxygen atoms in total. The molecule has 0 atom stereocenters. The van der Waals surface area contributed by atoms with E-state index in [1.54, 1.807) is 29.8 Å². The van der Waals surface area contributed by atoms with Crippen LogP contribution in [0.2, 0.25) is 0 Å². The number of carboxylic acids is 1. The Kier molecular flexibility index (Phi) is 6.91. The van der Waals surface area contributed by atoms with Gasteiger partial charge >= 0.3 is 5.97 Å². The van der Waals surface area contributed by atoms with Crippen LogP contribution in [0.15, 0.2) is 23.1 Å². The summed E-state index contributed by atoms with van der Waals surface area (Å²) in [4.78, 5) is 13.5. The quantitative estimate of drug-likeness (QED) is 0.741. The molecule has 0 aromatic heterocycles. The Morgan fingerprint density at radius 2 is 2.30 bits per heavy atom. The second-order valence-electron chi connectivity index (χ2n) is 4.00.